The van der Waals surface area contributed by atoms with Crippen molar-refractivity contribution in [2.24, 2.45) is 5.92 Å². The number of fused-ring (bicyclic) bond motifs is 1. The number of β-lactam (4-membered cyclic amide) rings is 1. The van der Waals surface area contributed by atoms with Gasteiger partial charge in [-0.1, -0.05) is 13.0 Å². The number of carbonyl (C=O) groups is 2. The average molecular weight is 179 g/mol. The number of amides is 1. The zero-order chi connectivity index (χ0) is 9.59. The Labute approximate surface area is 77.4 Å². The molecule has 3 nitrogen and oxygen atoms in total. The molecule has 0 aromatic heterocycles. The smallest absolute Gasteiger partial charge is 0.232 e. The predicted octanol–water partition coefficient (Wildman–Crippen LogP) is 1.10. The van der Waals surface area contributed by atoms with Gasteiger partial charge in [0.1, 0.15) is 0 Å². The lowest BCUT2D eigenvalue weighted by Gasteiger charge is -2.43. The largest absolute Gasteiger partial charge is 0.305 e. The monoisotopic (exact) mass is 179 g/mol. The summed E-state index contributed by atoms with van der Waals surface area (Å²) in [7, 11) is 0. The summed E-state index contributed by atoms with van der Waals surface area (Å²) in [6.45, 7) is 3.53. The van der Waals surface area contributed by atoms with E-state index in [1.54, 1.807) is 4.90 Å². The highest BCUT2D eigenvalue weighted by molar-refractivity contribution is 6.01. The molecule has 0 bridgehead atoms. The van der Waals surface area contributed by atoms with E-state index < -0.39 is 0 Å². The third-order valence-electron chi connectivity index (χ3n) is 2.96. The van der Waals surface area contributed by atoms with Gasteiger partial charge in [0.2, 0.25) is 5.91 Å². The summed E-state index contributed by atoms with van der Waals surface area (Å²) in [6.07, 6.45) is 3.64. The predicted molar refractivity (Wildman–Crippen MR) is 47.8 cm³/mol. The highest BCUT2D eigenvalue weighted by Gasteiger charge is 2.50. The summed E-state index contributed by atoms with van der Waals surface area (Å²) < 4.78 is 0. The lowest BCUT2D eigenvalue weighted by atomic mass is 9.85. The molecular formula is C10H13NO2. The van der Waals surface area contributed by atoms with Crippen molar-refractivity contribution in [3.63, 3.8) is 0 Å². The quantitative estimate of drug-likeness (QED) is 0.595. The molecule has 2 aliphatic rings. The number of hydrogen-bond acceptors (Lipinski definition) is 2. The molecule has 0 aliphatic carbocycles. The Morgan fingerprint density at radius 1 is 1.69 bits per heavy atom. The molecule has 0 saturated carbocycles. The lowest BCUT2D eigenvalue weighted by Crippen LogP contribution is -2.57. The minimum atomic E-state index is 0.00500. The number of ketones is 1. The van der Waals surface area contributed by atoms with E-state index in [0.717, 1.165) is 12.8 Å². The Bertz CT molecular complexity index is 306. The lowest BCUT2D eigenvalue weighted by molar-refractivity contribution is -0.152. The van der Waals surface area contributed by atoms with Crippen LogP contribution in [0.3, 0.4) is 0 Å². The standard InChI is InChI=1S/C10H13NO2/c1-3-7-9-5-4-8(6(2)12)11(9)10(7)13/h4,7,9H,3,5H2,1-2H3. The Morgan fingerprint density at radius 2 is 2.38 bits per heavy atom. The Hall–Kier alpha value is -1.12. The van der Waals surface area contributed by atoms with Crippen molar-refractivity contribution in [3.05, 3.63) is 11.8 Å². The van der Waals surface area contributed by atoms with Crippen LogP contribution in [0.1, 0.15) is 26.7 Å². The van der Waals surface area contributed by atoms with Gasteiger partial charge in [-0.2, -0.15) is 0 Å². The van der Waals surface area contributed by atoms with Crippen LogP contribution in [-0.4, -0.2) is 22.6 Å². The second kappa shape index (κ2) is 2.69. The van der Waals surface area contributed by atoms with E-state index in [2.05, 4.69) is 0 Å². The summed E-state index contributed by atoms with van der Waals surface area (Å²) >= 11 is 0. The maximum Gasteiger partial charge on any atom is 0.232 e. The van der Waals surface area contributed by atoms with E-state index >= 15 is 0 Å². The summed E-state index contributed by atoms with van der Waals surface area (Å²) in [5, 5.41) is 0. The number of nitrogens with zero attached hydrogens (tertiary/aromatic N) is 1. The molecule has 0 aromatic rings. The number of rotatable bonds is 2. The molecule has 1 amide bonds. The molecule has 2 heterocycles. The van der Waals surface area contributed by atoms with Gasteiger partial charge in [-0.15, -0.1) is 0 Å². The van der Waals surface area contributed by atoms with Crippen molar-refractivity contribution in [3.8, 4) is 0 Å². The number of carbonyl (C=O) groups excluding carboxylic acids is 2. The van der Waals surface area contributed by atoms with Crippen molar-refractivity contribution in [1.29, 1.82) is 0 Å². The highest BCUT2D eigenvalue weighted by atomic mass is 16.2. The number of Topliss-reactive ketones (excluding diaryl/α,β-unsaturated/α-hetero) is 1. The van der Waals surface area contributed by atoms with E-state index in [0.29, 0.717) is 5.70 Å². The van der Waals surface area contributed by atoms with Gasteiger partial charge in [-0.05, 0) is 12.8 Å². The van der Waals surface area contributed by atoms with Gasteiger partial charge in [-0.3, -0.25) is 9.59 Å². The molecule has 3 heteroatoms. The molecule has 1 saturated heterocycles. The first-order chi connectivity index (χ1) is 6.16. The van der Waals surface area contributed by atoms with E-state index in [-0.39, 0.29) is 23.7 Å². The zero-order valence-electron chi connectivity index (χ0n) is 7.91. The first-order valence-corrected chi connectivity index (χ1v) is 4.71. The fourth-order valence-electron chi connectivity index (χ4n) is 2.26. The first kappa shape index (κ1) is 8.48. The fourth-order valence-corrected chi connectivity index (χ4v) is 2.26. The molecule has 0 aromatic carbocycles. The normalized spacial score (nSPS) is 31.1. The average Bonchev–Trinajstić information content (AvgIpc) is 2.45. The summed E-state index contributed by atoms with van der Waals surface area (Å²) in [4.78, 5) is 24.3. The number of allylic oxidation sites excluding steroid dienone is 1. The van der Waals surface area contributed by atoms with Gasteiger partial charge in [-0.25, -0.2) is 0 Å². The van der Waals surface area contributed by atoms with Crippen LogP contribution in [0.15, 0.2) is 11.8 Å². The Kier molecular flexibility index (Phi) is 1.75. The second-order valence-corrected chi connectivity index (χ2v) is 3.67. The van der Waals surface area contributed by atoms with Crippen LogP contribution < -0.4 is 0 Å². The minimum absolute atomic E-state index is 0.00500. The van der Waals surface area contributed by atoms with Gasteiger partial charge in [0.25, 0.3) is 0 Å². The van der Waals surface area contributed by atoms with Crippen molar-refractivity contribution in [2.45, 2.75) is 32.7 Å². The van der Waals surface area contributed by atoms with Crippen LogP contribution in [0.25, 0.3) is 0 Å². The number of hydrogen-bond donors (Lipinski definition) is 0. The van der Waals surface area contributed by atoms with E-state index in [1.807, 2.05) is 13.0 Å². The molecule has 0 N–H and O–H groups in total. The van der Waals surface area contributed by atoms with Crippen LogP contribution in [0.2, 0.25) is 0 Å². The van der Waals surface area contributed by atoms with Gasteiger partial charge in [0.15, 0.2) is 5.78 Å². The van der Waals surface area contributed by atoms with E-state index in [9.17, 15) is 9.59 Å². The zero-order valence-corrected chi connectivity index (χ0v) is 7.91. The summed E-state index contributed by atoms with van der Waals surface area (Å²) in [5.74, 6) is 0.296. The van der Waals surface area contributed by atoms with Crippen LogP contribution in [0.4, 0.5) is 0 Å². The maximum absolute atomic E-state index is 11.5. The molecule has 2 rings (SSSR count). The van der Waals surface area contributed by atoms with Crippen LogP contribution in [-0.2, 0) is 9.59 Å². The second-order valence-electron chi connectivity index (χ2n) is 3.67. The third kappa shape index (κ3) is 0.961. The molecule has 0 radical (unpaired) electrons. The van der Waals surface area contributed by atoms with Crippen molar-refractivity contribution >= 4 is 11.7 Å². The van der Waals surface area contributed by atoms with Gasteiger partial charge < -0.3 is 4.90 Å². The van der Waals surface area contributed by atoms with Crippen LogP contribution in [0.5, 0.6) is 0 Å². The van der Waals surface area contributed by atoms with Gasteiger partial charge in [0.05, 0.1) is 17.7 Å². The van der Waals surface area contributed by atoms with E-state index in [1.165, 1.54) is 6.92 Å². The summed E-state index contributed by atoms with van der Waals surface area (Å²) in [5.41, 5.74) is 0.611. The van der Waals surface area contributed by atoms with Crippen LogP contribution >= 0.6 is 0 Å². The Morgan fingerprint density at radius 3 is 2.92 bits per heavy atom. The molecule has 2 atom stereocenters. The van der Waals surface area contributed by atoms with E-state index in [4.69, 9.17) is 0 Å². The molecule has 2 unspecified atom stereocenters. The topological polar surface area (TPSA) is 37.4 Å². The van der Waals surface area contributed by atoms with Crippen LogP contribution in [0, 0.1) is 5.92 Å². The van der Waals surface area contributed by atoms with Crippen molar-refractivity contribution in [1.82, 2.24) is 4.90 Å². The highest BCUT2D eigenvalue weighted by Crippen LogP contribution is 2.39. The molecular weight excluding hydrogens is 166 g/mol. The van der Waals surface area contributed by atoms with Crippen molar-refractivity contribution < 1.29 is 9.59 Å². The molecule has 1 fully saturated rings. The van der Waals surface area contributed by atoms with Gasteiger partial charge in [0, 0.05) is 6.92 Å². The van der Waals surface area contributed by atoms with Crippen molar-refractivity contribution in [2.75, 3.05) is 0 Å². The SMILES string of the molecule is CCC1C(=O)N2C(C(C)=O)=CCC12. The Balaban J connectivity index is 2.18. The van der Waals surface area contributed by atoms with Gasteiger partial charge >= 0.3 is 0 Å². The first-order valence-electron chi connectivity index (χ1n) is 4.71. The molecule has 2 aliphatic heterocycles. The fraction of sp³-hybridized carbons (Fsp3) is 0.600. The molecule has 13 heavy (non-hydrogen) atoms. The maximum atomic E-state index is 11.5. The minimum Gasteiger partial charge on any atom is -0.305 e. The molecule has 0 spiro atoms. The third-order valence-corrected chi connectivity index (χ3v) is 2.96. The molecule has 70 valence electrons. The summed E-state index contributed by atoms with van der Waals surface area (Å²) in [6, 6.07) is 0.288.